The molecule has 0 amide bonds. The van der Waals surface area contributed by atoms with Crippen LogP contribution in [0.4, 0.5) is 17.1 Å². The van der Waals surface area contributed by atoms with E-state index in [4.69, 9.17) is 4.74 Å². The number of ether oxygens (including phenoxy) is 1. The largest absolute Gasteiger partial charge is 0.453 e. The first-order chi connectivity index (χ1) is 49.6. The molecule has 0 fully saturated rings. The number of hydrogen-bond acceptors (Lipinski definition) is 2. The van der Waals surface area contributed by atoms with Crippen LogP contribution >= 0.6 is 0 Å². The Labute approximate surface area is 585 Å². The number of anilines is 3. The van der Waals surface area contributed by atoms with E-state index in [-0.39, 0.29) is 5.92 Å². The second-order valence-corrected chi connectivity index (χ2v) is 26.2. The number of para-hydroxylation sites is 4. The standard InChI is InChI=1S/C98H67NO/c1-5-21-67(22-6-1)70-43-47-77(48-44-70)82-63-83(78-49-45-74(46-50-78)73-39-41-75(42-40-73)76-59-61-87(62-60-76)99-92-35-15-17-37-94(92)100-95-38-18-16-36-93(95)99)65-84(64-82)81-27-19-30-86(66-81)98(85-28-11-4-12-29-85)90-33-14-13-31-88(90)97-89(32-20-34-91(97)98)96(79-55-51-71(52-56-79)68-23-7-2-8-24-68)80-57-53-72(54-58-80)69-25-9-3-10-26-69/h1-66,96H. The van der Waals surface area contributed by atoms with Crippen LogP contribution in [-0.4, -0.2) is 0 Å². The molecule has 1 heterocycles. The Morgan fingerprint density at radius 3 is 1.03 bits per heavy atom. The molecule has 1 aliphatic carbocycles. The summed E-state index contributed by atoms with van der Waals surface area (Å²) in [5.41, 5.74) is 32.5. The normalized spacial score (nSPS) is 13.4. The van der Waals surface area contributed by atoms with Crippen molar-refractivity contribution in [2.45, 2.75) is 11.3 Å². The van der Waals surface area contributed by atoms with Gasteiger partial charge in [0.2, 0.25) is 0 Å². The summed E-state index contributed by atoms with van der Waals surface area (Å²) < 4.78 is 6.31. The predicted molar refractivity (Wildman–Crippen MR) is 416 cm³/mol. The van der Waals surface area contributed by atoms with Gasteiger partial charge in [0.05, 0.1) is 16.8 Å². The lowest BCUT2D eigenvalue weighted by molar-refractivity contribution is 0.477. The summed E-state index contributed by atoms with van der Waals surface area (Å²) in [4.78, 5) is 2.28. The van der Waals surface area contributed by atoms with E-state index in [1.54, 1.807) is 0 Å². The zero-order valence-corrected chi connectivity index (χ0v) is 55.0. The lowest BCUT2D eigenvalue weighted by atomic mass is 9.67. The molecule has 1 aliphatic heterocycles. The van der Waals surface area contributed by atoms with Crippen LogP contribution in [0.3, 0.4) is 0 Å². The van der Waals surface area contributed by atoms with E-state index in [0.29, 0.717) is 0 Å². The van der Waals surface area contributed by atoms with Crippen LogP contribution in [0.2, 0.25) is 0 Å². The molecular weight excluding hydrogens is 1210 g/mol. The Hall–Kier alpha value is -12.9. The molecule has 0 spiro atoms. The Morgan fingerprint density at radius 2 is 0.560 bits per heavy atom. The molecule has 0 aromatic heterocycles. The summed E-state index contributed by atoms with van der Waals surface area (Å²) >= 11 is 0. The fourth-order valence-electron chi connectivity index (χ4n) is 15.7. The molecule has 470 valence electrons. The van der Waals surface area contributed by atoms with Crippen LogP contribution in [0.1, 0.15) is 44.9 Å². The number of nitrogens with zero attached hydrogens (tertiary/aromatic N) is 1. The maximum absolute atomic E-state index is 6.31. The van der Waals surface area contributed by atoms with E-state index in [2.05, 4.69) is 381 Å². The van der Waals surface area contributed by atoms with Gasteiger partial charge in [-0.05, 0) is 200 Å². The molecule has 0 bridgehead atoms. The second kappa shape index (κ2) is 25.6. The highest BCUT2D eigenvalue weighted by Crippen LogP contribution is 2.59. The Morgan fingerprint density at radius 1 is 0.230 bits per heavy atom. The third kappa shape index (κ3) is 10.8. The van der Waals surface area contributed by atoms with Gasteiger partial charge in [0.1, 0.15) is 0 Å². The minimum absolute atomic E-state index is 0.0798. The average Bonchev–Trinajstić information content (AvgIpc) is 1.52. The van der Waals surface area contributed by atoms with E-state index in [1.165, 1.54) is 89.0 Å². The molecule has 18 rings (SSSR count). The van der Waals surface area contributed by atoms with E-state index < -0.39 is 5.41 Å². The first-order valence-electron chi connectivity index (χ1n) is 34.5. The van der Waals surface area contributed by atoms with Gasteiger partial charge in [-0.25, -0.2) is 0 Å². The second-order valence-electron chi connectivity index (χ2n) is 26.2. The highest BCUT2D eigenvalue weighted by Gasteiger charge is 2.47. The van der Waals surface area contributed by atoms with Crippen molar-refractivity contribution >= 4 is 17.1 Å². The van der Waals surface area contributed by atoms with E-state index in [1.807, 2.05) is 24.3 Å². The van der Waals surface area contributed by atoms with Crippen molar-refractivity contribution in [3.63, 3.8) is 0 Å². The first-order valence-corrected chi connectivity index (χ1v) is 34.5. The maximum Gasteiger partial charge on any atom is 0.151 e. The molecule has 0 radical (unpaired) electrons. The highest BCUT2D eigenvalue weighted by molar-refractivity contribution is 5.92. The van der Waals surface area contributed by atoms with Gasteiger partial charge in [-0.1, -0.05) is 340 Å². The summed E-state index contributed by atoms with van der Waals surface area (Å²) in [5, 5.41) is 0. The van der Waals surface area contributed by atoms with Crippen LogP contribution in [-0.2, 0) is 5.41 Å². The molecule has 100 heavy (non-hydrogen) atoms. The smallest absolute Gasteiger partial charge is 0.151 e. The van der Waals surface area contributed by atoms with Gasteiger partial charge in [0, 0.05) is 11.6 Å². The van der Waals surface area contributed by atoms with Crippen molar-refractivity contribution < 1.29 is 4.74 Å². The quantitative estimate of drug-likeness (QED) is 0.101. The summed E-state index contributed by atoms with van der Waals surface area (Å²) in [7, 11) is 0. The number of benzene rings is 16. The van der Waals surface area contributed by atoms with Crippen LogP contribution in [0.25, 0.3) is 100 Å². The van der Waals surface area contributed by atoms with Crippen molar-refractivity contribution in [1.82, 2.24) is 0 Å². The van der Waals surface area contributed by atoms with Gasteiger partial charge < -0.3 is 9.64 Å². The Bertz CT molecular complexity index is 5490. The Balaban J connectivity index is 0.724. The number of hydrogen-bond donors (Lipinski definition) is 0. The van der Waals surface area contributed by atoms with Crippen molar-refractivity contribution in [2.24, 2.45) is 0 Å². The molecule has 2 aliphatic rings. The average molecular weight is 1270 g/mol. The SMILES string of the molecule is c1ccc(-c2ccc(-c3cc(-c4ccc(-c5ccc(-c6ccc(N7c8ccccc8Oc8ccccc87)cc6)cc5)cc4)cc(-c4cccc(C5(c6ccccc6)c6ccccc6-c6c(C(c7ccc(-c8ccccc8)cc7)c7ccc(-c8ccccc8)cc7)cccc65)c4)c3)cc2)cc1. The summed E-state index contributed by atoms with van der Waals surface area (Å²) in [5.74, 6) is 1.61. The van der Waals surface area contributed by atoms with Crippen molar-refractivity contribution in [3.05, 3.63) is 439 Å². The third-order valence-electron chi connectivity index (χ3n) is 20.5. The topological polar surface area (TPSA) is 12.5 Å². The van der Waals surface area contributed by atoms with Gasteiger partial charge in [0.25, 0.3) is 0 Å². The number of rotatable bonds is 14. The van der Waals surface area contributed by atoms with Crippen molar-refractivity contribution in [2.75, 3.05) is 4.90 Å². The van der Waals surface area contributed by atoms with Gasteiger partial charge in [-0.15, -0.1) is 0 Å². The van der Waals surface area contributed by atoms with Crippen LogP contribution in [0.15, 0.2) is 400 Å². The fraction of sp³-hybridized carbons (Fsp3) is 0.0204. The summed E-state index contributed by atoms with van der Waals surface area (Å²) in [6.45, 7) is 0. The fourth-order valence-corrected chi connectivity index (χ4v) is 15.7. The van der Waals surface area contributed by atoms with Crippen molar-refractivity contribution in [1.29, 1.82) is 0 Å². The molecule has 0 saturated carbocycles. The minimum atomic E-state index is -0.672. The molecule has 1 atom stereocenters. The maximum atomic E-state index is 6.31. The third-order valence-corrected chi connectivity index (χ3v) is 20.5. The van der Waals surface area contributed by atoms with Crippen LogP contribution < -0.4 is 9.64 Å². The molecular formula is C98H67NO. The monoisotopic (exact) mass is 1270 g/mol. The minimum Gasteiger partial charge on any atom is -0.453 e. The van der Waals surface area contributed by atoms with Crippen LogP contribution in [0, 0.1) is 0 Å². The summed E-state index contributed by atoms with van der Waals surface area (Å²) in [6, 6.07) is 147. The van der Waals surface area contributed by atoms with Crippen LogP contribution in [0.5, 0.6) is 11.5 Å². The lowest BCUT2D eigenvalue weighted by Gasteiger charge is -2.34. The van der Waals surface area contributed by atoms with Gasteiger partial charge in [-0.3, -0.25) is 0 Å². The highest BCUT2D eigenvalue weighted by atomic mass is 16.5. The molecule has 0 N–H and O–H groups in total. The molecule has 16 aromatic rings. The zero-order chi connectivity index (χ0) is 66.4. The van der Waals surface area contributed by atoms with Gasteiger partial charge in [0.15, 0.2) is 11.5 Å². The molecule has 0 saturated heterocycles. The van der Waals surface area contributed by atoms with E-state index in [9.17, 15) is 0 Å². The zero-order valence-electron chi connectivity index (χ0n) is 55.0. The first kappa shape index (κ1) is 59.6. The molecule has 16 aromatic carbocycles. The molecule has 1 unspecified atom stereocenters. The predicted octanol–water partition coefficient (Wildman–Crippen LogP) is 26.1. The summed E-state index contributed by atoms with van der Waals surface area (Å²) in [6.07, 6.45) is 0. The number of fused-ring (bicyclic) bond motifs is 5. The van der Waals surface area contributed by atoms with Gasteiger partial charge >= 0.3 is 0 Å². The van der Waals surface area contributed by atoms with Crippen molar-refractivity contribution in [3.8, 4) is 112 Å². The molecule has 2 nitrogen and oxygen atoms in total. The Kier molecular flexibility index (Phi) is 15.3. The molecule has 2 heteroatoms. The van der Waals surface area contributed by atoms with E-state index >= 15 is 0 Å². The van der Waals surface area contributed by atoms with Gasteiger partial charge in [-0.2, -0.15) is 0 Å². The van der Waals surface area contributed by atoms with E-state index in [0.717, 1.165) is 78.6 Å². The lowest BCUT2D eigenvalue weighted by Crippen LogP contribution is -2.28.